The molecule has 10 heteroatoms. The van der Waals surface area contributed by atoms with E-state index in [2.05, 4.69) is 22.3 Å². The summed E-state index contributed by atoms with van der Waals surface area (Å²) in [5, 5.41) is 3.23. The Labute approximate surface area is 202 Å². The van der Waals surface area contributed by atoms with Gasteiger partial charge in [-0.1, -0.05) is 30.3 Å². The van der Waals surface area contributed by atoms with Crippen molar-refractivity contribution in [2.45, 2.75) is 24.4 Å². The third kappa shape index (κ3) is 5.62. The summed E-state index contributed by atoms with van der Waals surface area (Å²) in [5.41, 5.74) is 8.44. The molecule has 0 fully saturated rings. The molecule has 2 heterocycles. The summed E-state index contributed by atoms with van der Waals surface area (Å²) >= 11 is 1.36. The summed E-state index contributed by atoms with van der Waals surface area (Å²) in [5.74, 6) is -0.992. The minimum absolute atomic E-state index is 0. The number of fused-ring (bicyclic) bond motifs is 1. The molecule has 4 rings (SSSR count). The highest BCUT2D eigenvalue weighted by Gasteiger charge is 2.28. The van der Waals surface area contributed by atoms with E-state index in [1.165, 1.54) is 41.2 Å². The lowest BCUT2D eigenvalue weighted by Crippen LogP contribution is -2.30. The molecule has 0 aliphatic carbocycles. The second-order valence-electron chi connectivity index (χ2n) is 7.77. The van der Waals surface area contributed by atoms with Crippen LogP contribution in [0, 0.1) is 0 Å². The quantitative estimate of drug-likeness (QED) is 0.533. The van der Waals surface area contributed by atoms with Gasteiger partial charge in [0.1, 0.15) is 5.00 Å². The molecule has 7 nitrogen and oxygen atoms in total. The number of nitrogens with one attached hydrogen (secondary N) is 1. The van der Waals surface area contributed by atoms with E-state index in [9.17, 15) is 18.0 Å². The molecular weight excluding hydrogens is 482 g/mol. The van der Waals surface area contributed by atoms with E-state index < -0.39 is 21.7 Å². The van der Waals surface area contributed by atoms with Crippen molar-refractivity contribution < 1.29 is 18.0 Å². The van der Waals surface area contributed by atoms with Gasteiger partial charge in [0.15, 0.2) is 9.84 Å². The Kier molecular flexibility index (Phi) is 7.58. The fraction of sp³-hybridized carbons (Fsp3) is 0.217. The first-order chi connectivity index (χ1) is 15.2. The Bertz CT molecular complexity index is 1270. The Balaban J connectivity index is 0.00000306. The molecule has 1 aliphatic heterocycles. The number of thiophene rings is 1. The molecule has 3 aromatic rings. The van der Waals surface area contributed by atoms with Gasteiger partial charge >= 0.3 is 0 Å². The van der Waals surface area contributed by atoms with Crippen molar-refractivity contribution in [3.8, 4) is 0 Å². The van der Waals surface area contributed by atoms with Gasteiger partial charge in [-0.2, -0.15) is 0 Å². The van der Waals surface area contributed by atoms with Gasteiger partial charge in [0.05, 0.1) is 10.5 Å². The molecule has 2 amide bonds. The molecule has 174 valence electrons. The first kappa shape index (κ1) is 24.9. The van der Waals surface area contributed by atoms with Gasteiger partial charge in [-0.15, -0.1) is 23.7 Å². The fourth-order valence-corrected chi connectivity index (χ4v) is 5.73. The number of anilines is 1. The molecule has 33 heavy (non-hydrogen) atoms. The first-order valence-corrected chi connectivity index (χ1v) is 12.8. The van der Waals surface area contributed by atoms with Crippen LogP contribution in [-0.2, 0) is 29.3 Å². The SMILES string of the molecule is CS(=O)(=O)c1ccc(C(=O)Nc2sc3c(c2C(N)=O)CCN(Cc2ccccc2)C3)cc1.Cl. The maximum absolute atomic E-state index is 12.8. The highest BCUT2D eigenvalue weighted by atomic mass is 35.5. The van der Waals surface area contributed by atoms with Crippen LogP contribution in [0.2, 0.25) is 0 Å². The number of hydrogen-bond acceptors (Lipinski definition) is 6. The number of benzene rings is 2. The largest absolute Gasteiger partial charge is 0.365 e. The van der Waals surface area contributed by atoms with Crippen LogP contribution in [-0.4, -0.2) is 37.9 Å². The van der Waals surface area contributed by atoms with Crippen LogP contribution in [0.3, 0.4) is 0 Å². The van der Waals surface area contributed by atoms with Crippen LogP contribution in [0.1, 0.15) is 36.7 Å². The number of carbonyl (C=O) groups is 2. The second kappa shape index (κ2) is 10.0. The minimum atomic E-state index is -3.35. The third-order valence-corrected chi connectivity index (χ3v) is 7.66. The third-order valence-electron chi connectivity index (χ3n) is 5.40. The summed E-state index contributed by atoms with van der Waals surface area (Å²) in [7, 11) is -3.35. The topological polar surface area (TPSA) is 110 Å². The molecular formula is C23H24ClN3O4S2. The summed E-state index contributed by atoms with van der Waals surface area (Å²) in [6.45, 7) is 2.27. The molecule has 3 N–H and O–H groups in total. The number of amides is 2. The van der Waals surface area contributed by atoms with E-state index in [1.807, 2.05) is 18.2 Å². The van der Waals surface area contributed by atoms with Gasteiger partial charge in [-0.05, 0) is 41.8 Å². The Morgan fingerprint density at radius 2 is 1.76 bits per heavy atom. The monoisotopic (exact) mass is 505 g/mol. The number of carbonyl (C=O) groups excluding carboxylic acids is 2. The van der Waals surface area contributed by atoms with Crippen molar-refractivity contribution in [3.63, 3.8) is 0 Å². The van der Waals surface area contributed by atoms with Crippen LogP contribution in [0.15, 0.2) is 59.5 Å². The molecule has 1 aromatic heterocycles. The number of rotatable bonds is 6. The predicted molar refractivity (Wildman–Crippen MR) is 132 cm³/mol. The van der Waals surface area contributed by atoms with Gasteiger partial charge in [-0.25, -0.2) is 8.42 Å². The molecule has 0 radical (unpaired) electrons. The molecule has 0 saturated carbocycles. The lowest BCUT2D eigenvalue weighted by Gasteiger charge is -2.27. The zero-order valence-corrected chi connectivity index (χ0v) is 20.4. The first-order valence-electron chi connectivity index (χ1n) is 10.0. The Morgan fingerprint density at radius 1 is 1.09 bits per heavy atom. The van der Waals surface area contributed by atoms with Crippen molar-refractivity contribution >= 4 is 50.4 Å². The van der Waals surface area contributed by atoms with Crippen LogP contribution in [0.5, 0.6) is 0 Å². The molecule has 0 atom stereocenters. The zero-order valence-electron chi connectivity index (χ0n) is 17.9. The number of primary amides is 1. The zero-order chi connectivity index (χ0) is 22.9. The number of nitrogens with zero attached hydrogens (tertiary/aromatic N) is 1. The summed E-state index contributed by atoms with van der Waals surface area (Å²) in [6, 6.07) is 15.9. The summed E-state index contributed by atoms with van der Waals surface area (Å²) in [4.78, 5) is 28.4. The average Bonchev–Trinajstić information content (AvgIpc) is 3.11. The predicted octanol–water partition coefficient (Wildman–Crippen LogP) is 3.48. The van der Waals surface area contributed by atoms with E-state index >= 15 is 0 Å². The van der Waals surface area contributed by atoms with Crippen LogP contribution >= 0.6 is 23.7 Å². The van der Waals surface area contributed by atoms with Gasteiger partial charge in [-0.3, -0.25) is 14.5 Å². The average molecular weight is 506 g/mol. The number of hydrogen-bond donors (Lipinski definition) is 2. The molecule has 2 aromatic carbocycles. The van der Waals surface area contributed by atoms with Crippen LogP contribution in [0.4, 0.5) is 5.00 Å². The van der Waals surface area contributed by atoms with Gasteiger partial charge in [0.25, 0.3) is 11.8 Å². The fourth-order valence-electron chi connectivity index (χ4n) is 3.81. The van der Waals surface area contributed by atoms with E-state index in [0.29, 0.717) is 29.1 Å². The van der Waals surface area contributed by atoms with Gasteiger partial charge in [0, 0.05) is 36.3 Å². The normalized spacial score (nSPS) is 13.6. The number of nitrogens with two attached hydrogens (primary N) is 1. The Hall–Kier alpha value is -2.72. The van der Waals surface area contributed by atoms with E-state index in [0.717, 1.165) is 29.8 Å². The lowest BCUT2D eigenvalue weighted by atomic mass is 10.0. The summed E-state index contributed by atoms with van der Waals surface area (Å²) < 4.78 is 23.2. The van der Waals surface area contributed by atoms with Crippen LogP contribution < -0.4 is 11.1 Å². The smallest absolute Gasteiger partial charge is 0.256 e. The van der Waals surface area contributed by atoms with Crippen molar-refractivity contribution in [3.05, 3.63) is 81.7 Å². The van der Waals surface area contributed by atoms with E-state index in [1.54, 1.807) is 0 Å². The summed E-state index contributed by atoms with van der Waals surface area (Å²) in [6.07, 6.45) is 1.79. The number of halogens is 1. The van der Waals surface area contributed by atoms with Gasteiger partial charge in [0.2, 0.25) is 0 Å². The van der Waals surface area contributed by atoms with Crippen molar-refractivity contribution in [2.24, 2.45) is 5.73 Å². The molecule has 1 aliphatic rings. The van der Waals surface area contributed by atoms with Gasteiger partial charge < -0.3 is 11.1 Å². The highest BCUT2D eigenvalue weighted by molar-refractivity contribution is 7.90. The maximum atomic E-state index is 12.8. The highest BCUT2D eigenvalue weighted by Crippen LogP contribution is 2.37. The minimum Gasteiger partial charge on any atom is -0.365 e. The standard InChI is InChI=1S/C23H23N3O4S2.ClH/c1-32(29,30)17-9-7-16(8-10-17)22(28)25-23-20(21(24)27)18-11-12-26(14-19(18)31-23)13-15-5-3-2-4-6-15;/h2-10H,11-14H2,1H3,(H2,24,27)(H,25,28);1H. The molecule has 0 unspecified atom stereocenters. The van der Waals surface area contributed by atoms with E-state index in [-0.39, 0.29) is 17.3 Å². The van der Waals surface area contributed by atoms with Crippen molar-refractivity contribution in [2.75, 3.05) is 18.1 Å². The van der Waals surface area contributed by atoms with Crippen molar-refractivity contribution in [1.82, 2.24) is 4.90 Å². The molecule has 0 bridgehead atoms. The second-order valence-corrected chi connectivity index (χ2v) is 10.9. The van der Waals surface area contributed by atoms with Crippen LogP contribution in [0.25, 0.3) is 0 Å². The molecule has 0 saturated heterocycles. The molecule has 0 spiro atoms. The maximum Gasteiger partial charge on any atom is 0.256 e. The van der Waals surface area contributed by atoms with E-state index in [4.69, 9.17) is 5.73 Å². The number of sulfone groups is 1. The Morgan fingerprint density at radius 3 is 2.36 bits per heavy atom. The van der Waals surface area contributed by atoms with Crippen molar-refractivity contribution in [1.29, 1.82) is 0 Å². The lowest BCUT2D eigenvalue weighted by molar-refractivity contribution is 0.0999.